The molecule has 3 nitrogen and oxygen atoms in total. The van der Waals surface area contributed by atoms with Crippen molar-refractivity contribution in [1.29, 1.82) is 5.26 Å². The summed E-state index contributed by atoms with van der Waals surface area (Å²) in [7, 11) is -1.88. The van der Waals surface area contributed by atoms with E-state index in [1.165, 1.54) is 0 Å². The van der Waals surface area contributed by atoms with Crippen molar-refractivity contribution >= 4 is 8.03 Å². The first-order valence-corrected chi connectivity index (χ1v) is 4.36. The van der Waals surface area contributed by atoms with Gasteiger partial charge in [0.1, 0.15) is 0 Å². The van der Waals surface area contributed by atoms with Crippen molar-refractivity contribution in [1.82, 2.24) is 0 Å². The molecule has 0 aromatic heterocycles. The summed E-state index contributed by atoms with van der Waals surface area (Å²) in [6, 6.07) is 1.90. The summed E-state index contributed by atoms with van der Waals surface area (Å²) in [5.41, 5.74) is 0. The zero-order chi connectivity index (χ0) is 7.11. The Morgan fingerprint density at radius 1 is 1.78 bits per heavy atom. The SMILES string of the molecule is CCO[PH](=O)CCC#N. The Balaban J connectivity index is 3.19. The molecular weight excluding hydrogens is 137 g/mol. The predicted molar refractivity (Wildman–Crippen MR) is 35.7 cm³/mol. The van der Waals surface area contributed by atoms with E-state index in [1.54, 1.807) is 6.92 Å². The van der Waals surface area contributed by atoms with Crippen LogP contribution in [0.2, 0.25) is 0 Å². The van der Waals surface area contributed by atoms with Crippen LogP contribution in [-0.4, -0.2) is 12.8 Å². The summed E-state index contributed by atoms with van der Waals surface area (Å²) >= 11 is 0. The summed E-state index contributed by atoms with van der Waals surface area (Å²) in [4.78, 5) is 0. The standard InChI is InChI=1S/C5H10NO2P/c1-2-8-9(7)5-3-4-6/h9H,2-3,5H2,1H3. The molecule has 0 aromatic rings. The molecule has 0 heterocycles. The Morgan fingerprint density at radius 3 is 2.89 bits per heavy atom. The molecule has 0 aromatic carbocycles. The molecule has 0 spiro atoms. The van der Waals surface area contributed by atoms with Gasteiger partial charge in [-0.3, -0.25) is 4.57 Å². The molecule has 0 saturated heterocycles. The van der Waals surface area contributed by atoms with Crippen molar-refractivity contribution in [2.75, 3.05) is 12.8 Å². The van der Waals surface area contributed by atoms with E-state index in [9.17, 15) is 4.57 Å². The monoisotopic (exact) mass is 147 g/mol. The molecule has 52 valence electrons. The van der Waals surface area contributed by atoms with E-state index in [0.29, 0.717) is 19.2 Å². The Kier molecular flexibility index (Phi) is 5.60. The Labute approximate surface area is 55.5 Å². The van der Waals surface area contributed by atoms with E-state index in [2.05, 4.69) is 0 Å². The second-order valence-corrected chi connectivity index (χ2v) is 3.00. The minimum Gasteiger partial charge on any atom is -0.331 e. The van der Waals surface area contributed by atoms with Gasteiger partial charge in [0.2, 0.25) is 0 Å². The van der Waals surface area contributed by atoms with Crippen molar-refractivity contribution in [3.63, 3.8) is 0 Å². The van der Waals surface area contributed by atoms with Gasteiger partial charge in [-0.25, -0.2) is 0 Å². The van der Waals surface area contributed by atoms with Gasteiger partial charge in [0.25, 0.3) is 0 Å². The molecule has 9 heavy (non-hydrogen) atoms. The van der Waals surface area contributed by atoms with E-state index < -0.39 is 8.03 Å². The third-order valence-electron chi connectivity index (χ3n) is 0.746. The van der Waals surface area contributed by atoms with Crippen LogP contribution in [0.1, 0.15) is 13.3 Å². The average Bonchev–Trinajstić information content (AvgIpc) is 1.85. The molecule has 0 aliphatic carbocycles. The summed E-state index contributed by atoms with van der Waals surface area (Å²) in [5, 5.41) is 8.06. The number of nitriles is 1. The highest BCUT2D eigenvalue weighted by Crippen LogP contribution is 2.21. The highest BCUT2D eigenvalue weighted by molar-refractivity contribution is 7.39. The van der Waals surface area contributed by atoms with Gasteiger partial charge in [0.15, 0.2) is 8.03 Å². The lowest BCUT2D eigenvalue weighted by atomic mass is 10.6. The second-order valence-electron chi connectivity index (χ2n) is 1.46. The zero-order valence-corrected chi connectivity index (χ0v) is 6.39. The molecule has 4 heteroatoms. The molecule has 1 unspecified atom stereocenters. The maximum atomic E-state index is 10.6. The van der Waals surface area contributed by atoms with Gasteiger partial charge >= 0.3 is 0 Å². The van der Waals surface area contributed by atoms with Crippen molar-refractivity contribution in [3.8, 4) is 6.07 Å². The lowest BCUT2D eigenvalue weighted by Gasteiger charge is -1.95. The summed E-state index contributed by atoms with van der Waals surface area (Å²) in [5.74, 6) is 0. The molecule has 0 fully saturated rings. The van der Waals surface area contributed by atoms with Gasteiger partial charge < -0.3 is 4.52 Å². The lowest BCUT2D eigenvalue weighted by molar-refractivity contribution is 0.350. The van der Waals surface area contributed by atoms with Crippen molar-refractivity contribution < 1.29 is 9.09 Å². The van der Waals surface area contributed by atoms with Crippen molar-refractivity contribution in [2.45, 2.75) is 13.3 Å². The van der Waals surface area contributed by atoms with Gasteiger partial charge in [-0.2, -0.15) is 5.26 Å². The maximum absolute atomic E-state index is 10.6. The van der Waals surface area contributed by atoms with Gasteiger partial charge in [-0.1, -0.05) is 0 Å². The summed E-state index contributed by atoms with van der Waals surface area (Å²) in [6.45, 7) is 2.26. The first-order chi connectivity index (χ1) is 4.31. The van der Waals surface area contributed by atoms with E-state index in [-0.39, 0.29) is 0 Å². The Morgan fingerprint density at radius 2 is 2.44 bits per heavy atom. The fraction of sp³-hybridized carbons (Fsp3) is 0.800. The second kappa shape index (κ2) is 5.81. The Bertz CT molecular complexity index is 129. The summed E-state index contributed by atoms with van der Waals surface area (Å²) in [6.07, 6.45) is 0.729. The number of hydrogen-bond acceptors (Lipinski definition) is 3. The van der Waals surface area contributed by atoms with Crippen LogP contribution in [0.15, 0.2) is 0 Å². The number of hydrogen-bond donors (Lipinski definition) is 0. The molecule has 0 aliphatic heterocycles. The van der Waals surface area contributed by atoms with Crippen LogP contribution in [-0.2, 0) is 9.09 Å². The first-order valence-electron chi connectivity index (χ1n) is 2.83. The molecule has 0 bridgehead atoms. The fourth-order valence-electron chi connectivity index (χ4n) is 0.391. The first kappa shape index (κ1) is 8.68. The van der Waals surface area contributed by atoms with Crippen molar-refractivity contribution in [3.05, 3.63) is 0 Å². The third-order valence-corrected chi connectivity index (χ3v) is 2.02. The smallest absolute Gasteiger partial charge is 0.192 e. The molecule has 0 N–H and O–H groups in total. The topological polar surface area (TPSA) is 50.1 Å². The van der Waals surface area contributed by atoms with E-state index in [0.717, 1.165) is 0 Å². The maximum Gasteiger partial charge on any atom is 0.192 e. The van der Waals surface area contributed by atoms with Crippen LogP contribution in [0.5, 0.6) is 0 Å². The molecular formula is C5H10NO2P. The van der Waals surface area contributed by atoms with Crippen LogP contribution in [0, 0.1) is 11.3 Å². The quantitative estimate of drug-likeness (QED) is 0.565. The zero-order valence-electron chi connectivity index (χ0n) is 5.39. The van der Waals surface area contributed by atoms with Crippen LogP contribution in [0.3, 0.4) is 0 Å². The molecule has 1 atom stereocenters. The van der Waals surface area contributed by atoms with Gasteiger partial charge in [-0.15, -0.1) is 0 Å². The molecule has 0 rings (SSSR count). The van der Waals surface area contributed by atoms with E-state index >= 15 is 0 Å². The minimum absolute atomic E-state index is 0.331. The highest BCUT2D eigenvalue weighted by Gasteiger charge is 1.94. The number of nitrogens with zero attached hydrogens (tertiary/aromatic N) is 1. The molecule has 0 amide bonds. The highest BCUT2D eigenvalue weighted by atomic mass is 31.1. The lowest BCUT2D eigenvalue weighted by Crippen LogP contribution is -1.81. The minimum atomic E-state index is -1.88. The fourth-order valence-corrected chi connectivity index (χ4v) is 1.17. The molecule has 0 aliphatic rings. The van der Waals surface area contributed by atoms with Gasteiger partial charge in [0.05, 0.1) is 12.7 Å². The number of rotatable bonds is 4. The molecule has 0 saturated carbocycles. The normalized spacial score (nSPS) is 12.4. The van der Waals surface area contributed by atoms with Crippen molar-refractivity contribution in [2.24, 2.45) is 0 Å². The van der Waals surface area contributed by atoms with E-state index in [4.69, 9.17) is 9.79 Å². The van der Waals surface area contributed by atoms with Crippen LogP contribution in [0.25, 0.3) is 0 Å². The van der Waals surface area contributed by atoms with Crippen LogP contribution >= 0.6 is 8.03 Å². The predicted octanol–water partition coefficient (Wildman–Crippen LogP) is 1.41. The largest absolute Gasteiger partial charge is 0.331 e. The average molecular weight is 147 g/mol. The third kappa shape index (κ3) is 5.55. The van der Waals surface area contributed by atoms with Crippen LogP contribution in [0.4, 0.5) is 0 Å². The van der Waals surface area contributed by atoms with Crippen LogP contribution < -0.4 is 0 Å². The Hall–Kier alpha value is -0.320. The van der Waals surface area contributed by atoms with E-state index in [1.807, 2.05) is 6.07 Å². The van der Waals surface area contributed by atoms with Gasteiger partial charge in [-0.05, 0) is 6.92 Å². The molecule has 0 radical (unpaired) electrons. The van der Waals surface area contributed by atoms with Gasteiger partial charge in [0, 0.05) is 12.6 Å². The summed E-state index contributed by atoms with van der Waals surface area (Å²) < 4.78 is 15.4.